The number of imidazole rings is 2. The number of ether oxygens (including phenoxy) is 1. The first-order valence-corrected chi connectivity index (χ1v) is 22.2. The minimum absolute atomic E-state index is 0.184. The number of alkyl halides is 3. The van der Waals surface area contributed by atoms with Crippen LogP contribution in [0.1, 0.15) is 119 Å². The van der Waals surface area contributed by atoms with Crippen molar-refractivity contribution in [2.45, 2.75) is 109 Å². The van der Waals surface area contributed by atoms with Gasteiger partial charge in [-0.05, 0) is 97.9 Å². The molecule has 19 heteroatoms. The molecule has 3 aromatic heterocycles. The number of likely N-dealkylation sites (tertiary alicyclic amines) is 2. The Morgan fingerprint density at radius 3 is 1.77 bits per heavy atom. The van der Waals surface area contributed by atoms with Crippen molar-refractivity contribution in [1.29, 1.82) is 0 Å². The van der Waals surface area contributed by atoms with Crippen molar-refractivity contribution >= 4 is 51.8 Å². The number of carbonyl (C=O) groups is 4. The zero-order valence-electron chi connectivity index (χ0n) is 37.2. The number of hydrogen-bond donors (Lipinski definition) is 4. The minimum atomic E-state index is -4.61. The monoisotopic (exact) mass is 900 g/mol. The number of methoxy groups -OCH3 is 1. The Morgan fingerprint density at radius 2 is 1.32 bits per heavy atom. The number of carboxylic acid groups (broad SMARTS) is 1. The Balaban J connectivity index is 1.09. The molecule has 4 N–H and O–H groups in total. The number of benzene rings is 2. The van der Waals surface area contributed by atoms with Crippen LogP contribution in [0.5, 0.6) is 0 Å². The molecule has 0 unspecified atom stereocenters. The van der Waals surface area contributed by atoms with Gasteiger partial charge < -0.3 is 39.8 Å². The maximum atomic E-state index is 13.9. The maximum absolute atomic E-state index is 13.9. The highest BCUT2D eigenvalue weighted by Crippen LogP contribution is 2.48. The molecule has 6 atom stereocenters. The summed E-state index contributed by atoms with van der Waals surface area (Å²) in [6.07, 6.45) is -1.02. The van der Waals surface area contributed by atoms with Crippen LogP contribution < -0.4 is 10.2 Å². The lowest BCUT2D eigenvalue weighted by Crippen LogP contribution is -2.51. The van der Waals surface area contributed by atoms with Gasteiger partial charge in [0.15, 0.2) is 0 Å². The van der Waals surface area contributed by atoms with Crippen LogP contribution in [0, 0.1) is 11.8 Å². The number of likely N-dealkylation sites (N-methyl/N-ethyl adjacent to an activating group) is 1. The summed E-state index contributed by atoms with van der Waals surface area (Å²) in [5.74, 6) is 0.315. The van der Waals surface area contributed by atoms with E-state index in [1.54, 1.807) is 9.80 Å². The van der Waals surface area contributed by atoms with Crippen LogP contribution in [0.25, 0.3) is 22.1 Å². The smallest absolute Gasteiger partial charge is 0.433 e. The Hall–Kier alpha value is -6.40. The van der Waals surface area contributed by atoms with Gasteiger partial charge in [-0.25, -0.2) is 24.5 Å². The molecule has 65 heavy (non-hydrogen) atoms. The van der Waals surface area contributed by atoms with Gasteiger partial charge in [-0.15, -0.1) is 0 Å². The second kappa shape index (κ2) is 17.9. The number of alkyl carbamates (subject to hydrolysis) is 1. The van der Waals surface area contributed by atoms with E-state index in [9.17, 15) is 37.5 Å². The molecule has 4 amide bonds. The first-order chi connectivity index (χ1) is 30.9. The van der Waals surface area contributed by atoms with Crippen molar-refractivity contribution in [1.82, 2.24) is 44.9 Å². The molecule has 0 aliphatic carbocycles. The van der Waals surface area contributed by atoms with Crippen molar-refractivity contribution < 1.29 is 42.2 Å². The van der Waals surface area contributed by atoms with Crippen molar-refractivity contribution in [2.75, 3.05) is 32.1 Å². The third-order valence-corrected chi connectivity index (χ3v) is 13.2. The van der Waals surface area contributed by atoms with E-state index in [4.69, 9.17) is 14.7 Å². The summed E-state index contributed by atoms with van der Waals surface area (Å²) < 4.78 is 46.0. The molecule has 3 fully saturated rings. The highest BCUT2D eigenvalue weighted by Gasteiger charge is 2.42. The number of hydrogen-bond acceptors (Lipinski definition) is 9. The number of rotatable bonds is 11. The topological polar surface area (TPSA) is 193 Å². The molecule has 3 saturated heterocycles. The fourth-order valence-corrected chi connectivity index (χ4v) is 10.1. The average molecular weight is 901 g/mol. The minimum Gasteiger partial charge on any atom is -0.465 e. The molecule has 346 valence electrons. The van der Waals surface area contributed by atoms with Crippen LogP contribution in [-0.4, -0.2) is 108 Å². The number of fused-ring (bicyclic) bond motifs is 2. The highest BCUT2D eigenvalue weighted by atomic mass is 19.4. The van der Waals surface area contributed by atoms with E-state index in [0.717, 1.165) is 46.0 Å². The molecule has 0 bridgehead atoms. The van der Waals surface area contributed by atoms with Crippen LogP contribution in [-0.2, 0) is 20.5 Å². The number of aromatic nitrogens is 5. The van der Waals surface area contributed by atoms with Gasteiger partial charge in [0.1, 0.15) is 29.4 Å². The van der Waals surface area contributed by atoms with E-state index in [2.05, 4.69) is 25.2 Å². The van der Waals surface area contributed by atoms with Gasteiger partial charge in [0.2, 0.25) is 11.8 Å². The summed E-state index contributed by atoms with van der Waals surface area (Å²) in [5.41, 5.74) is 4.24. The molecule has 3 aliphatic heterocycles. The first-order valence-electron chi connectivity index (χ1n) is 22.2. The van der Waals surface area contributed by atoms with Crippen LogP contribution >= 0.6 is 0 Å². The third-order valence-electron chi connectivity index (χ3n) is 13.2. The predicted octanol–water partition coefficient (Wildman–Crippen LogP) is 8.28. The largest absolute Gasteiger partial charge is 0.465 e. The van der Waals surface area contributed by atoms with Gasteiger partial charge >= 0.3 is 18.4 Å². The van der Waals surface area contributed by atoms with Crippen LogP contribution in [0.4, 0.5) is 28.4 Å². The standard InChI is InChI=1S/C46H55F3N10O6/c1-24(2)38(55-44(62)65-6)42(60)57-19-7-9-35(57)40-51-29-14-11-26(21-31(29)53-40)33-16-17-34(59(33)28-13-18-37(50-23-28)46(47,48)49)27-12-15-30-32(22-27)54-41(52-30)36-10-8-20-58(36)43(61)39(25(3)4)56(5)45(63)64/h11-15,18,21-25,33-36,38-39H,7-10,16-17,19-20H2,1-6H3,(H,51,53)(H,52,54)(H,55,62)(H,63,64)/t33-,34-,35+,36+,38+,39+/m1/s1. The number of carbonyl (C=O) groups excluding carboxylic acids is 3. The van der Waals surface area contributed by atoms with E-state index in [1.165, 1.54) is 26.4 Å². The van der Waals surface area contributed by atoms with E-state index < -0.39 is 36.1 Å². The van der Waals surface area contributed by atoms with Crippen molar-refractivity contribution in [3.05, 3.63) is 83.2 Å². The first kappa shape index (κ1) is 45.2. The highest BCUT2D eigenvalue weighted by molar-refractivity contribution is 5.87. The Kier molecular flexibility index (Phi) is 12.4. The lowest BCUT2D eigenvalue weighted by molar-refractivity contribution is -0.141. The molecule has 2 aromatic carbocycles. The zero-order valence-corrected chi connectivity index (χ0v) is 37.2. The summed E-state index contributed by atoms with van der Waals surface area (Å²) in [6, 6.07) is 11.4. The van der Waals surface area contributed by atoms with E-state index >= 15 is 0 Å². The molecule has 16 nitrogen and oxygen atoms in total. The van der Waals surface area contributed by atoms with Crippen molar-refractivity contribution in [3.8, 4) is 0 Å². The summed E-state index contributed by atoms with van der Waals surface area (Å²) in [5, 5.41) is 12.4. The molecule has 0 radical (unpaired) electrons. The van der Waals surface area contributed by atoms with E-state index in [1.807, 2.05) is 64.1 Å². The van der Waals surface area contributed by atoms with Crippen LogP contribution in [0.2, 0.25) is 0 Å². The average Bonchev–Trinajstić information content (AvgIpc) is 4.12. The van der Waals surface area contributed by atoms with Crippen molar-refractivity contribution in [2.24, 2.45) is 11.8 Å². The normalized spacial score (nSPS) is 21.2. The fraction of sp³-hybridized carbons (Fsp3) is 0.500. The van der Waals surface area contributed by atoms with Crippen LogP contribution in [0.3, 0.4) is 0 Å². The SMILES string of the molecule is COC(=O)N[C@H](C(=O)N1CCC[C@H]1c1nc2ccc([C@H]3CC[C@H](c4ccc5nc([C@@H]6CCCN6C(=O)[C@H](C(C)C)N(C)C(=O)O)[nH]c5c4)N3c3ccc(C(F)(F)F)nc3)cc2[nH]1)C(C)C. The number of H-pyrrole nitrogens is 2. The Bertz CT molecular complexity index is 2580. The van der Waals surface area contributed by atoms with E-state index in [-0.39, 0.29) is 47.8 Å². The summed E-state index contributed by atoms with van der Waals surface area (Å²) >= 11 is 0. The molecular weight excluding hydrogens is 846 g/mol. The summed E-state index contributed by atoms with van der Waals surface area (Å²) in [4.78, 5) is 78.9. The van der Waals surface area contributed by atoms with Crippen molar-refractivity contribution in [3.63, 3.8) is 0 Å². The number of amides is 4. The molecule has 5 aromatic rings. The fourth-order valence-electron chi connectivity index (χ4n) is 10.1. The van der Waals surface area contributed by atoms with Crippen LogP contribution in [0.15, 0.2) is 54.7 Å². The molecular formula is C46H55F3N10O6. The molecule has 3 aliphatic rings. The lowest BCUT2D eigenvalue weighted by atomic mass is 10.0. The van der Waals surface area contributed by atoms with Gasteiger partial charge in [0, 0.05) is 20.1 Å². The number of nitrogens with one attached hydrogen (secondary N) is 3. The van der Waals surface area contributed by atoms with Gasteiger partial charge in [0.05, 0.1) is 65.2 Å². The number of halogens is 3. The zero-order chi connectivity index (χ0) is 46.5. The second-order valence-corrected chi connectivity index (χ2v) is 18.0. The Morgan fingerprint density at radius 1 is 0.785 bits per heavy atom. The molecule has 0 saturated carbocycles. The number of anilines is 1. The second-order valence-electron chi connectivity index (χ2n) is 18.0. The van der Waals surface area contributed by atoms with Gasteiger partial charge in [-0.3, -0.25) is 14.5 Å². The Labute approximate surface area is 373 Å². The maximum Gasteiger partial charge on any atom is 0.433 e. The number of pyridine rings is 1. The lowest BCUT2D eigenvalue weighted by Gasteiger charge is -2.33. The van der Waals surface area contributed by atoms with E-state index in [0.29, 0.717) is 67.1 Å². The predicted molar refractivity (Wildman–Crippen MR) is 235 cm³/mol. The van der Waals surface area contributed by atoms with Gasteiger partial charge in [-0.2, -0.15) is 13.2 Å². The molecule has 0 spiro atoms. The number of nitrogens with zero attached hydrogens (tertiary/aromatic N) is 7. The third kappa shape index (κ3) is 8.76. The van der Waals surface area contributed by atoms with Gasteiger partial charge in [-0.1, -0.05) is 39.8 Å². The van der Waals surface area contributed by atoms with Gasteiger partial charge in [0.25, 0.3) is 0 Å². The molecule has 6 heterocycles. The summed E-state index contributed by atoms with van der Waals surface area (Å²) in [7, 11) is 2.67. The summed E-state index contributed by atoms with van der Waals surface area (Å²) in [6.45, 7) is 8.35. The number of aromatic amines is 2. The molecule has 8 rings (SSSR count). The quantitative estimate of drug-likeness (QED) is 0.100.